The van der Waals surface area contributed by atoms with E-state index in [-0.39, 0.29) is 13.2 Å². The lowest BCUT2D eigenvalue weighted by molar-refractivity contribution is -0.156. The van der Waals surface area contributed by atoms with Crippen LogP contribution in [0.15, 0.2) is 48.5 Å². The maximum atomic E-state index is 12.2. The van der Waals surface area contributed by atoms with E-state index in [0.717, 1.165) is 11.1 Å². The second-order valence-corrected chi connectivity index (χ2v) is 6.36. The molecule has 1 amide bonds. The van der Waals surface area contributed by atoms with E-state index in [0.29, 0.717) is 17.2 Å². The van der Waals surface area contributed by atoms with Gasteiger partial charge in [0.2, 0.25) is 0 Å². The van der Waals surface area contributed by atoms with E-state index in [9.17, 15) is 9.59 Å². The highest BCUT2D eigenvalue weighted by molar-refractivity contribution is 5.83. The number of ether oxygens (including phenoxy) is 4. The van der Waals surface area contributed by atoms with Crippen molar-refractivity contribution in [2.24, 2.45) is 0 Å². The van der Waals surface area contributed by atoms with Crippen LogP contribution >= 0.6 is 0 Å². The monoisotopic (exact) mass is 413 g/mol. The Morgan fingerprint density at radius 1 is 1.03 bits per heavy atom. The Labute approximate surface area is 176 Å². The van der Waals surface area contributed by atoms with Crippen LogP contribution < -0.4 is 19.5 Å². The zero-order chi connectivity index (χ0) is 21.9. The van der Waals surface area contributed by atoms with Gasteiger partial charge in [-0.1, -0.05) is 36.4 Å². The third-order valence-corrected chi connectivity index (χ3v) is 4.22. The first-order valence-corrected chi connectivity index (χ1v) is 9.51. The minimum absolute atomic E-state index is 0.261. The number of allylic oxidation sites excluding steroid dienone is 1. The third-order valence-electron chi connectivity index (χ3n) is 4.22. The largest absolute Gasteiger partial charge is 0.496 e. The first kappa shape index (κ1) is 22.8. The molecule has 7 heteroatoms. The number of hydrogen-bond donors (Lipinski definition) is 1. The molecular weight excluding hydrogens is 386 g/mol. The molecule has 2 aromatic rings. The lowest BCUT2D eigenvalue weighted by Crippen LogP contribution is -2.36. The minimum Gasteiger partial charge on any atom is -0.496 e. The summed E-state index contributed by atoms with van der Waals surface area (Å²) >= 11 is 0. The standard InChI is InChI=1S/C23H27NO6/c1-5-8-17-11-12-20(21(13-17)28-4)29-15-22(25)30-16(2)23(26)24-14-18-9-6-7-10-19(18)27-3/h5-13,16H,14-15H2,1-4H3,(H,24,26)/b8-5+/t16-/m0/s1. The quantitative estimate of drug-likeness (QED) is 0.602. The number of amides is 1. The second-order valence-electron chi connectivity index (χ2n) is 6.36. The third kappa shape index (κ3) is 6.55. The molecule has 0 aliphatic rings. The van der Waals surface area contributed by atoms with E-state index in [1.807, 2.05) is 49.4 Å². The van der Waals surface area contributed by atoms with Gasteiger partial charge in [-0.05, 0) is 37.6 Å². The fraction of sp³-hybridized carbons (Fsp3) is 0.304. The van der Waals surface area contributed by atoms with Crippen molar-refractivity contribution >= 4 is 18.0 Å². The van der Waals surface area contributed by atoms with Gasteiger partial charge >= 0.3 is 5.97 Å². The molecule has 0 heterocycles. The number of carbonyl (C=O) groups is 2. The summed E-state index contributed by atoms with van der Waals surface area (Å²) in [6, 6.07) is 12.7. The number of para-hydroxylation sites is 1. The minimum atomic E-state index is -0.963. The lowest BCUT2D eigenvalue weighted by atomic mass is 10.2. The predicted octanol–water partition coefficient (Wildman–Crippen LogP) is 3.36. The second kappa shape index (κ2) is 11.5. The highest BCUT2D eigenvalue weighted by Gasteiger charge is 2.19. The Morgan fingerprint density at radius 2 is 1.77 bits per heavy atom. The number of benzene rings is 2. The van der Waals surface area contributed by atoms with Crippen LogP contribution in [0.3, 0.4) is 0 Å². The molecule has 7 nitrogen and oxygen atoms in total. The molecule has 2 aromatic carbocycles. The molecule has 1 atom stereocenters. The number of hydrogen-bond acceptors (Lipinski definition) is 6. The summed E-state index contributed by atoms with van der Waals surface area (Å²) in [5.41, 5.74) is 1.77. The van der Waals surface area contributed by atoms with Gasteiger partial charge in [-0.15, -0.1) is 0 Å². The number of nitrogens with one attached hydrogen (secondary N) is 1. The maximum absolute atomic E-state index is 12.2. The van der Waals surface area contributed by atoms with Crippen LogP contribution in [0.5, 0.6) is 17.2 Å². The molecule has 0 spiro atoms. The average Bonchev–Trinajstić information content (AvgIpc) is 2.76. The molecule has 0 fully saturated rings. The molecule has 0 aromatic heterocycles. The van der Waals surface area contributed by atoms with Gasteiger partial charge < -0.3 is 24.3 Å². The molecule has 0 aliphatic carbocycles. The normalized spacial score (nSPS) is 11.6. The van der Waals surface area contributed by atoms with Gasteiger partial charge in [-0.2, -0.15) is 0 Å². The predicted molar refractivity (Wildman–Crippen MR) is 114 cm³/mol. The number of methoxy groups -OCH3 is 2. The van der Waals surface area contributed by atoms with E-state index < -0.39 is 18.0 Å². The number of carbonyl (C=O) groups excluding carboxylic acids is 2. The summed E-state index contributed by atoms with van der Waals surface area (Å²) in [7, 11) is 3.09. The van der Waals surface area contributed by atoms with E-state index >= 15 is 0 Å². The van der Waals surface area contributed by atoms with Crippen molar-refractivity contribution in [3.63, 3.8) is 0 Å². The summed E-state index contributed by atoms with van der Waals surface area (Å²) < 4.78 is 21.2. The van der Waals surface area contributed by atoms with Crippen LogP contribution in [0, 0.1) is 0 Å². The van der Waals surface area contributed by atoms with Crippen molar-refractivity contribution in [3.8, 4) is 17.2 Å². The summed E-state index contributed by atoms with van der Waals surface area (Å²) in [6.45, 7) is 3.34. The van der Waals surface area contributed by atoms with Gasteiger partial charge in [0.05, 0.1) is 14.2 Å². The molecule has 30 heavy (non-hydrogen) atoms. The van der Waals surface area contributed by atoms with E-state index in [2.05, 4.69) is 5.32 Å². The fourth-order valence-corrected chi connectivity index (χ4v) is 2.70. The highest BCUT2D eigenvalue weighted by atomic mass is 16.6. The van der Waals surface area contributed by atoms with Crippen molar-refractivity contribution < 1.29 is 28.5 Å². The fourth-order valence-electron chi connectivity index (χ4n) is 2.70. The summed E-state index contributed by atoms with van der Waals surface area (Å²) in [5, 5.41) is 2.73. The zero-order valence-corrected chi connectivity index (χ0v) is 17.6. The lowest BCUT2D eigenvalue weighted by Gasteiger charge is -2.15. The molecule has 160 valence electrons. The van der Waals surface area contributed by atoms with Crippen LogP contribution in [-0.2, 0) is 20.9 Å². The Morgan fingerprint density at radius 3 is 2.47 bits per heavy atom. The zero-order valence-electron chi connectivity index (χ0n) is 17.6. The van der Waals surface area contributed by atoms with Gasteiger partial charge in [-0.25, -0.2) is 4.79 Å². The Hall–Kier alpha value is -3.48. The number of rotatable bonds is 10. The van der Waals surface area contributed by atoms with Crippen LogP contribution in [0.25, 0.3) is 6.08 Å². The van der Waals surface area contributed by atoms with Gasteiger partial charge in [-0.3, -0.25) is 4.79 Å². The van der Waals surface area contributed by atoms with Crippen LogP contribution in [0.4, 0.5) is 0 Å². The van der Waals surface area contributed by atoms with Crippen molar-refractivity contribution in [1.29, 1.82) is 0 Å². The first-order chi connectivity index (χ1) is 14.5. The van der Waals surface area contributed by atoms with Crippen molar-refractivity contribution in [1.82, 2.24) is 5.32 Å². The van der Waals surface area contributed by atoms with Gasteiger partial charge in [0.1, 0.15) is 5.75 Å². The van der Waals surface area contributed by atoms with Gasteiger partial charge in [0.15, 0.2) is 24.2 Å². The summed E-state index contributed by atoms with van der Waals surface area (Å²) in [5.74, 6) is 0.513. The van der Waals surface area contributed by atoms with E-state index in [1.54, 1.807) is 19.2 Å². The average molecular weight is 413 g/mol. The molecule has 0 saturated carbocycles. The van der Waals surface area contributed by atoms with Crippen LogP contribution in [0.2, 0.25) is 0 Å². The van der Waals surface area contributed by atoms with Crippen molar-refractivity contribution in [2.75, 3.05) is 20.8 Å². The summed E-state index contributed by atoms with van der Waals surface area (Å²) in [6.07, 6.45) is 2.87. The first-order valence-electron chi connectivity index (χ1n) is 9.51. The number of esters is 1. The van der Waals surface area contributed by atoms with Crippen molar-refractivity contribution in [2.45, 2.75) is 26.5 Å². The molecule has 0 saturated heterocycles. The van der Waals surface area contributed by atoms with E-state index in [1.165, 1.54) is 14.0 Å². The Balaban J connectivity index is 1.84. The highest BCUT2D eigenvalue weighted by Crippen LogP contribution is 2.28. The topological polar surface area (TPSA) is 83.1 Å². The van der Waals surface area contributed by atoms with E-state index in [4.69, 9.17) is 18.9 Å². The molecule has 0 bridgehead atoms. The smallest absolute Gasteiger partial charge is 0.344 e. The molecule has 2 rings (SSSR count). The SMILES string of the molecule is C/C=C/c1ccc(OCC(=O)O[C@@H](C)C(=O)NCc2ccccc2OC)c(OC)c1. The molecule has 1 N–H and O–H groups in total. The molecule has 0 aliphatic heterocycles. The van der Waals surface area contributed by atoms with Crippen LogP contribution in [0.1, 0.15) is 25.0 Å². The van der Waals surface area contributed by atoms with Crippen molar-refractivity contribution in [3.05, 3.63) is 59.7 Å². The van der Waals surface area contributed by atoms with Crippen LogP contribution in [-0.4, -0.2) is 38.8 Å². The van der Waals surface area contributed by atoms with Gasteiger partial charge in [0.25, 0.3) is 5.91 Å². The molecule has 0 radical (unpaired) electrons. The molecule has 0 unspecified atom stereocenters. The van der Waals surface area contributed by atoms with Gasteiger partial charge in [0, 0.05) is 12.1 Å². The summed E-state index contributed by atoms with van der Waals surface area (Å²) in [4.78, 5) is 24.3. The molecular formula is C23H27NO6. The Kier molecular flexibility index (Phi) is 8.75. The Bertz CT molecular complexity index is 893. The maximum Gasteiger partial charge on any atom is 0.344 e.